The van der Waals surface area contributed by atoms with Crippen LogP contribution in [0.15, 0.2) is 41.2 Å². The van der Waals surface area contributed by atoms with Crippen molar-refractivity contribution in [1.82, 2.24) is 5.32 Å². The van der Waals surface area contributed by atoms with Crippen molar-refractivity contribution in [2.75, 3.05) is 19.0 Å². The van der Waals surface area contributed by atoms with Crippen molar-refractivity contribution in [3.8, 4) is 0 Å². The lowest BCUT2D eigenvalue weighted by Gasteiger charge is -2.20. The summed E-state index contributed by atoms with van der Waals surface area (Å²) in [6.45, 7) is 3.93. The summed E-state index contributed by atoms with van der Waals surface area (Å²) in [7, 11) is 4.07. The number of hydrogen-bond acceptors (Lipinski definition) is 3. The fourth-order valence-electron chi connectivity index (χ4n) is 2.05. The minimum Gasteiger partial charge on any atom is -0.472 e. The van der Waals surface area contributed by atoms with Crippen LogP contribution in [0.5, 0.6) is 0 Å². The first-order valence-electron chi connectivity index (χ1n) is 6.17. The van der Waals surface area contributed by atoms with Crippen LogP contribution < -0.4 is 10.2 Å². The van der Waals surface area contributed by atoms with E-state index in [2.05, 4.69) is 42.4 Å². The SMILES string of the molecule is CNCc1ccc(N(C)Cc2ccoc2)cc1C. The Morgan fingerprint density at radius 1 is 1.28 bits per heavy atom. The second kappa shape index (κ2) is 5.74. The van der Waals surface area contributed by atoms with E-state index in [1.54, 1.807) is 12.5 Å². The van der Waals surface area contributed by atoms with Gasteiger partial charge in [0.25, 0.3) is 0 Å². The van der Waals surface area contributed by atoms with Gasteiger partial charge in [0.05, 0.1) is 12.5 Å². The topological polar surface area (TPSA) is 28.4 Å². The number of furan rings is 1. The Morgan fingerprint density at radius 2 is 2.11 bits per heavy atom. The largest absolute Gasteiger partial charge is 0.472 e. The maximum absolute atomic E-state index is 5.09. The van der Waals surface area contributed by atoms with E-state index in [9.17, 15) is 0 Å². The summed E-state index contributed by atoms with van der Waals surface area (Å²) in [5.74, 6) is 0. The van der Waals surface area contributed by atoms with Gasteiger partial charge in [-0.3, -0.25) is 0 Å². The van der Waals surface area contributed by atoms with Crippen LogP contribution in [0.3, 0.4) is 0 Å². The van der Waals surface area contributed by atoms with Gasteiger partial charge in [-0.1, -0.05) is 6.07 Å². The fourth-order valence-corrected chi connectivity index (χ4v) is 2.05. The zero-order valence-electron chi connectivity index (χ0n) is 11.2. The first-order chi connectivity index (χ1) is 8.70. The van der Waals surface area contributed by atoms with E-state index in [-0.39, 0.29) is 0 Å². The number of nitrogens with one attached hydrogen (secondary N) is 1. The summed E-state index contributed by atoms with van der Waals surface area (Å²) < 4.78 is 5.09. The summed E-state index contributed by atoms with van der Waals surface area (Å²) in [6.07, 6.45) is 3.50. The summed E-state index contributed by atoms with van der Waals surface area (Å²) in [5.41, 5.74) is 5.09. The molecule has 0 saturated carbocycles. The molecule has 0 aliphatic carbocycles. The van der Waals surface area contributed by atoms with Crippen molar-refractivity contribution in [2.24, 2.45) is 0 Å². The third-order valence-corrected chi connectivity index (χ3v) is 3.13. The van der Waals surface area contributed by atoms with Crippen molar-refractivity contribution in [3.63, 3.8) is 0 Å². The Bertz CT molecular complexity index is 491. The Balaban J connectivity index is 2.11. The first kappa shape index (κ1) is 12.7. The van der Waals surface area contributed by atoms with Crippen molar-refractivity contribution >= 4 is 5.69 Å². The second-order valence-corrected chi connectivity index (χ2v) is 4.63. The fraction of sp³-hybridized carbons (Fsp3) is 0.333. The molecule has 2 aromatic rings. The van der Waals surface area contributed by atoms with E-state index >= 15 is 0 Å². The van der Waals surface area contributed by atoms with Gasteiger partial charge in [-0.25, -0.2) is 0 Å². The van der Waals surface area contributed by atoms with E-state index in [0.717, 1.165) is 13.1 Å². The maximum atomic E-state index is 5.09. The third-order valence-electron chi connectivity index (χ3n) is 3.13. The average Bonchev–Trinajstić information content (AvgIpc) is 2.84. The smallest absolute Gasteiger partial charge is 0.0952 e. The maximum Gasteiger partial charge on any atom is 0.0952 e. The van der Waals surface area contributed by atoms with Crippen molar-refractivity contribution in [3.05, 3.63) is 53.5 Å². The molecule has 1 aromatic heterocycles. The van der Waals surface area contributed by atoms with E-state index in [0.29, 0.717) is 0 Å². The van der Waals surface area contributed by atoms with E-state index in [1.807, 2.05) is 13.1 Å². The Labute approximate surface area is 108 Å². The molecule has 1 N–H and O–H groups in total. The highest BCUT2D eigenvalue weighted by molar-refractivity contribution is 5.50. The standard InChI is InChI=1S/C15H20N2O/c1-12-8-15(5-4-14(12)9-16-2)17(3)10-13-6-7-18-11-13/h4-8,11,16H,9-10H2,1-3H3. The predicted octanol–water partition coefficient (Wildman–Crippen LogP) is 2.94. The molecule has 0 atom stereocenters. The van der Waals surface area contributed by atoms with Gasteiger partial charge in [0.15, 0.2) is 0 Å². The number of nitrogens with zero attached hydrogens (tertiary/aromatic N) is 1. The van der Waals surface area contributed by atoms with E-state index < -0.39 is 0 Å². The van der Waals surface area contributed by atoms with Gasteiger partial charge >= 0.3 is 0 Å². The van der Waals surface area contributed by atoms with Gasteiger partial charge in [-0.2, -0.15) is 0 Å². The first-order valence-corrected chi connectivity index (χ1v) is 6.17. The van der Waals surface area contributed by atoms with Crippen LogP contribution in [0.25, 0.3) is 0 Å². The van der Waals surface area contributed by atoms with Crippen LogP contribution in [0, 0.1) is 6.92 Å². The molecule has 18 heavy (non-hydrogen) atoms. The summed E-state index contributed by atoms with van der Waals surface area (Å²) >= 11 is 0. The predicted molar refractivity (Wildman–Crippen MR) is 74.8 cm³/mol. The zero-order valence-corrected chi connectivity index (χ0v) is 11.2. The van der Waals surface area contributed by atoms with Crippen LogP contribution in [0.1, 0.15) is 16.7 Å². The molecule has 3 heteroatoms. The van der Waals surface area contributed by atoms with Gasteiger partial charge in [0.2, 0.25) is 0 Å². The van der Waals surface area contributed by atoms with Crippen LogP contribution in [-0.4, -0.2) is 14.1 Å². The molecule has 0 aliphatic rings. The summed E-state index contributed by atoms with van der Waals surface area (Å²) in [5, 5.41) is 3.18. The molecule has 1 heterocycles. The minimum atomic E-state index is 0.862. The molecular formula is C15H20N2O. The molecule has 0 fully saturated rings. The van der Waals surface area contributed by atoms with Crippen LogP contribution in [-0.2, 0) is 13.1 Å². The normalized spacial score (nSPS) is 10.6. The van der Waals surface area contributed by atoms with Gasteiger partial charge in [-0.15, -0.1) is 0 Å². The molecule has 1 aromatic carbocycles. The summed E-state index contributed by atoms with van der Waals surface area (Å²) in [6, 6.07) is 8.58. The number of benzene rings is 1. The number of rotatable bonds is 5. The lowest BCUT2D eigenvalue weighted by atomic mass is 10.1. The molecule has 0 unspecified atom stereocenters. The van der Waals surface area contributed by atoms with Crippen molar-refractivity contribution < 1.29 is 4.42 Å². The van der Waals surface area contributed by atoms with Crippen molar-refractivity contribution in [1.29, 1.82) is 0 Å². The monoisotopic (exact) mass is 244 g/mol. The molecule has 0 aliphatic heterocycles. The highest BCUT2D eigenvalue weighted by atomic mass is 16.3. The number of hydrogen-bond donors (Lipinski definition) is 1. The molecule has 2 rings (SSSR count). The van der Waals surface area contributed by atoms with Crippen LogP contribution in [0.4, 0.5) is 5.69 Å². The lowest BCUT2D eigenvalue weighted by Crippen LogP contribution is -2.16. The minimum absolute atomic E-state index is 0.862. The third kappa shape index (κ3) is 2.93. The van der Waals surface area contributed by atoms with Gasteiger partial charge in [0.1, 0.15) is 0 Å². The van der Waals surface area contributed by atoms with Crippen LogP contribution >= 0.6 is 0 Å². The average molecular weight is 244 g/mol. The molecule has 0 amide bonds. The molecular weight excluding hydrogens is 224 g/mol. The zero-order chi connectivity index (χ0) is 13.0. The highest BCUT2D eigenvalue weighted by Gasteiger charge is 2.05. The molecule has 0 bridgehead atoms. The lowest BCUT2D eigenvalue weighted by molar-refractivity contribution is 0.563. The Hall–Kier alpha value is -1.74. The quantitative estimate of drug-likeness (QED) is 0.876. The van der Waals surface area contributed by atoms with Gasteiger partial charge < -0.3 is 14.6 Å². The Kier molecular flexibility index (Phi) is 4.05. The highest BCUT2D eigenvalue weighted by Crippen LogP contribution is 2.20. The molecule has 0 spiro atoms. The molecule has 0 saturated heterocycles. The molecule has 0 radical (unpaired) electrons. The van der Waals surface area contributed by atoms with E-state index in [1.165, 1.54) is 22.4 Å². The van der Waals surface area contributed by atoms with Gasteiger partial charge in [0, 0.05) is 31.4 Å². The van der Waals surface area contributed by atoms with Gasteiger partial charge in [-0.05, 0) is 43.3 Å². The van der Waals surface area contributed by atoms with Crippen molar-refractivity contribution in [2.45, 2.75) is 20.0 Å². The number of aryl methyl sites for hydroxylation is 1. The second-order valence-electron chi connectivity index (χ2n) is 4.63. The molecule has 3 nitrogen and oxygen atoms in total. The summed E-state index contributed by atoms with van der Waals surface area (Å²) in [4.78, 5) is 2.22. The molecule has 96 valence electrons. The Morgan fingerprint density at radius 3 is 2.72 bits per heavy atom. The van der Waals surface area contributed by atoms with Crippen LogP contribution in [0.2, 0.25) is 0 Å². The van der Waals surface area contributed by atoms with E-state index in [4.69, 9.17) is 4.42 Å². The number of anilines is 1.